The maximum atomic E-state index is 9.85. The lowest BCUT2D eigenvalue weighted by Crippen LogP contribution is -2.52. The van der Waals surface area contributed by atoms with Crippen LogP contribution in [0.2, 0.25) is 0 Å². The summed E-state index contributed by atoms with van der Waals surface area (Å²) in [5, 5.41) is 19.5. The third-order valence-corrected chi connectivity index (χ3v) is 2.91. The van der Waals surface area contributed by atoms with Gasteiger partial charge in [0.25, 0.3) is 0 Å². The summed E-state index contributed by atoms with van der Waals surface area (Å²) >= 11 is 0. The van der Waals surface area contributed by atoms with E-state index in [2.05, 4.69) is 0 Å². The molecule has 2 N–H and O–H groups in total. The van der Waals surface area contributed by atoms with Crippen LogP contribution < -0.4 is 0 Å². The Bertz CT molecular complexity index is 160. The van der Waals surface area contributed by atoms with E-state index < -0.39 is 11.9 Å². The van der Waals surface area contributed by atoms with Crippen LogP contribution in [0.4, 0.5) is 0 Å². The normalized spacial score (nSPS) is 49.2. The van der Waals surface area contributed by atoms with Gasteiger partial charge >= 0.3 is 0 Å². The zero-order valence-electron chi connectivity index (χ0n) is 7.95. The molecular weight excluding hydrogens is 156 g/mol. The van der Waals surface area contributed by atoms with Crippen molar-refractivity contribution in [1.29, 1.82) is 0 Å². The van der Waals surface area contributed by atoms with Gasteiger partial charge in [-0.3, -0.25) is 0 Å². The second-order valence-corrected chi connectivity index (χ2v) is 3.77. The molecule has 1 heterocycles. The fourth-order valence-electron chi connectivity index (χ4n) is 1.69. The van der Waals surface area contributed by atoms with Crippen LogP contribution in [0.15, 0.2) is 0 Å². The molecule has 1 fully saturated rings. The highest BCUT2D eigenvalue weighted by Gasteiger charge is 2.43. The van der Waals surface area contributed by atoms with E-state index in [0.29, 0.717) is 13.0 Å². The first kappa shape index (κ1) is 9.96. The number of hydrogen-bond acceptors (Lipinski definition) is 3. The Morgan fingerprint density at radius 1 is 1.50 bits per heavy atom. The van der Waals surface area contributed by atoms with Crippen molar-refractivity contribution in [2.75, 3.05) is 6.61 Å². The van der Waals surface area contributed by atoms with Crippen molar-refractivity contribution in [3.05, 3.63) is 0 Å². The molecular formula is C9H18O3. The van der Waals surface area contributed by atoms with Gasteiger partial charge in [-0.1, -0.05) is 20.8 Å². The second-order valence-electron chi connectivity index (χ2n) is 3.77. The number of ether oxygens (including phenoxy) is 1. The van der Waals surface area contributed by atoms with Crippen LogP contribution in [0.25, 0.3) is 0 Å². The quantitative estimate of drug-likeness (QED) is 0.616. The van der Waals surface area contributed by atoms with Gasteiger partial charge in [-0.15, -0.1) is 0 Å². The van der Waals surface area contributed by atoms with Gasteiger partial charge in [0.1, 0.15) is 0 Å². The van der Waals surface area contributed by atoms with Gasteiger partial charge in [0.15, 0.2) is 5.79 Å². The van der Waals surface area contributed by atoms with Gasteiger partial charge in [-0.25, -0.2) is 0 Å². The average Bonchev–Trinajstić information content (AvgIpc) is 2.09. The molecule has 1 aliphatic heterocycles. The molecule has 0 aromatic carbocycles. The Hall–Kier alpha value is -0.120. The van der Waals surface area contributed by atoms with Crippen LogP contribution in [0.3, 0.4) is 0 Å². The van der Waals surface area contributed by atoms with Gasteiger partial charge in [-0.2, -0.15) is 0 Å². The zero-order valence-corrected chi connectivity index (χ0v) is 7.95. The molecule has 1 aliphatic rings. The highest BCUT2D eigenvalue weighted by atomic mass is 16.6. The van der Waals surface area contributed by atoms with E-state index in [0.717, 1.165) is 0 Å². The summed E-state index contributed by atoms with van der Waals surface area (Å²) in [5.41, 5.74) is 0. The van der Waals surface area contributed by atoms with Crippen molar-refractivity contribution in [2.24, 2.45) is 11.8 Å². The van der Waals surface area contributed by atoms with Crippen molar-refractivity contribution >= 4 is 0 Å². The molecule has 0 aliphatic carbocycles. The molecule has 1 rings (SSSR count). The molecule has 0 spiro atoms. The van der Waals surface area contributed by atoms with Crippen molar-refractivity contribution in [3.63, 3.8) is 0 Å². The van der Waals surface area contributed by atoms with Gasteiger partial charge in [-0.05, 0) is 6.42 Å². The van der Waals surface area contributed by atoms with Crippen molar-refractivity contribution in [2.45, 2.75) is 39.1 Å². The molecule has 1 saturated heterocycles. The molecule has 0 saturated carbocycles. The SMILES string of the molecule is CC[C@]1(O)OC[C@H](C)C(O)[C@@H]1C. The van der Waals surface area contributed by atoms with Crippen LogP contribution in [-0.2, 0) is 4.74 Å². The lowest BCUT2D eigenvalue weighted by molar-refractivity contribution is -0.290. The maximum absolute atomic E-state index is 9.85. The van der Waals surface area contributed by atoms with Gasteiger partial charge in [0, 0.05) is 11.8 Å². The zero-order chi connectivity index (χ0) is 9.35. The number of aliphatic hydroxyl groups is 2. The highest BCUT2D eigenvalue weighted by Crippen LogP contribution is 2.33. The Morgan fingerprint density at radius 2 is 2.08 bits per heavy atom. The standard InChI is InChI=1S/C9H18O3/c1-4-9(11)7(3)8(10)6(2)5-12-9/h6-8,10-11H,4-5H2,1-3H3/t6-,7-,8?,9-/m0/s1. The lowest BCUT2D eigenvalue weighted by atomic mass is 9.83. The molecule has 0 radical (unpaired) electrons. The Morgan fingerprint density at radius 3 is 2.58 bits per heavy atom. The molecule has 3 nitrogen and oxygen atoms in total. The monoisotopic (exact) mass is 174 g/mol. The summed E-state index contributed by atoms with van der Waals surface area (Å²) in [6, 6.07) is 0. The molecule has 0 amide bonds. The molecule has 1 unspecified atom stereocenters. The topological polar surface area (TPSA) is 49.7 Å². The summed E-state index contributed by atoms with van der Waals surface area (Å²) in [5.74, 6) is -1.20. The summed E-state index contributed by atoms with van der Waals surface area (Å²) in [4.78, 5) is 0. The summed E-state index contributed by atoms with van der Waals surface area (Å²) in [6.07, 6.45) is 0.0708. The first-order valence-electron chi connectivity index (χ1n) is 4.55. The summed E-state index contributed by atoms with van der Waals surface area (Å²) in [7, 11) is 0. The van der Waals surface area contributed by atoms with Gasteiger partial charge in [0.2, 0.25) is 0 Å². The van der Waals surface area contributed by atoms with Crippen molar-refractivity contribution < 1.29 is 14.9 Å². The van der Waals surface area contributed by atoms with Crippen LogP contribution >= 0.6 is 0 Å². The minimum atomic E-state index is -1.12. The van der Waals surface area contributed by atoms with E-state index in [1.54, 1.807) is 0 Å². The Kier molecular flexibility index (Phi) is 2.76. The third kappa shape index (κ3) is 1.49. The second kappa shape index (κ2) is 3.32. The van der Waals surface area contributed by atoms with E-state index in [-0.39, 0.29) is 11.8 Å². The smallest absolute Gasteiger partial charge is 0.170 e. The van der Waals surface area contributed by atoms with Gasteiger partial charge < -0.3 is 14.9 Å². The predicted molar refractivity (Wildman–Crippen MR) is 45.5 cm³/mol. The van der Waals surface area contributed by atoms with Crippen LogP contribution in [0.1, 0.15) is 27.2 Å². The summed E-state index contributed by atoms with van der Waals surface area (Å²) in [6.45, 7) is 6.05. The molecule has 72 valence electrons. The van der Waals surface area contributed by atoms with Gasteiger partial charge in [0.05, 0.1) is 12.7 Å². The minimum Gasteiger partial charge on any atom is -0.392 e. The van der Waals surface area contributed by atoms with Crippen molar-refractivity contribution in [3.8, 4) is 0 Å². The minimum absolute atomic E-state index is 0.117. The maximum Gasteiger partial charge on any atom is 0.170 e. The largest absolute Gasteiger partial charge is 0.392 e. The number of aliphatic hydroxyl groups excluding tert-OH is 1. The van der Waals surface area contributed by atoms with Crippen LogP contribution in [-0.4, -0.2) is 28.7 Å². The fraction of sp³-hybridized carbons (Fsp3) is 1.00. The first-order valence-corrected chi connectivity index (χ1v) is 4.55. The van der Waals surface area contributed by atoms with E-state index >= 15 is 0 Å². The van der Waals surface area contributed by atoms with Crippen molar-refractivity contribution in [1.82, 2.24) is 0 Å². The molecule has 3 heteroatoms. The predicted octanol–water partition coefficient (Wildman–Crippen LogP) is 0.748. The molecule has 0 aromatic rings. The number of rotatable bonds is 1. The van der Waals surface area contributed by atoms with Crippen LogP contribution in [0, 0.1) is 11.8 Å². The third-order valence-electron chi connectivity index (χ3n) is 2.91. The molecule has 0 bridgehead atoms. The fourth-order valence-corrected chi connectivity index (χ4v) is 1.69. The number of hydrogen-bond donors (Lipinski definition) is 2. The molecule has 12 heavy (non-hydrogen) atoms. The van der Waals surface area contributed by atoms with Crippen LogP contribution in [0.5, 0.6) is 0 Å². The molecule has 0 aromatic heterocycles. The lowest BCUT2D eigenvalue weighted by Gasteiger charge is -2.43. The van der Waals surface area contributed by atoms with E-state index in [9.17, 15) is 10.2 Å². The Labute approximate surface area is 73.4 Å². The molecule has 4 atom stereocenters. The first-order chi connectivity index (χ1) is 5.51. The average molecular weight is 174 g/mol. The summed E-state index contributed by atoms with van der Waals surface area (Å²) < 4.78 is 5.31. The van der Waals surface area contributed by atoms with E-state index in [1.807, 2.05) is 20.8 Å². The highest BCUT2D eigenvalue weighted by molar-refractivity contribution is 4.86. The van der Waals surface area contributed by atoms with E-state index in [4.69, 9.17) is 4.74 Å². The Balaban J connectivity index is 2.71. The van der Waals surface area contributed by atoms with E-state index in [1.165, 1.54) is 0 Å².